The Kier molecular flexibility index (Phi) is 5.20. The monoisotopic (exact) mass is 358 g/mol. The molecule has 2 aromatic carbocycles. The summed E-state index contributed by atoms with van der Waals surface area (Å²) in [5.74, 6) is -0.349. The van der Waals surface area contributed by atoms with Crippen molar-refractivity contribution in [3.63, 3.8) is 0 Å². The maximum Gasteiger partial charge on any atom is 0.234 e. The first-order valence-corrected chi connectivity index (χ1v) is 10.2. The zero-order chi connectivity index (χ0) is 17.9. The molecule has 0 aromatic heterocycles. The lowest BCUT2D eigenvalue weighted by atomic mass is 9.90. The molecule has 0 N–H and O–H groups in total. The van der Waals surface area contributed by atoms with Crippen LogP contribution in [0.4, 0.5) is 0 Å². The fourth-order valence-electron chi connectivity index (χ4n) is 3.19. The minimum absolute atomic E-state index is 0.0190. The average Bonchev–Trinajstić information content (AvgIpc) is 2.63. The highest BCUT2D eigenvalue weighted by atomic mass is 32.2. The van der Waals surface area contributed by atoms with Crippen molar-refractivity contribution in [1.29, 1.82) is 0 Å². The van der Waals surface area contributed by atoms with Crippen molar-refractivity contribution < 1.29 is 13.2 Å². The maximum atomic E-state index is 13.2. The molecule has 0 spiro atoms. The third-order valence-electron chi connectivity index (χ3n) is 4.53. The molecule has 0 radical (unpaired) electrons. The average molecular weight is 358 g/mol. The number of hydrogen-bond donors (Lipinski definition) is 0. The van der Waals surface area contributed by atoms with Crippen LogP contribution in [0.25, 0.3) is 0 Å². The van der Waals surface area contributed by atoms with Crippen molar-refractivity contribution in [2.45, 2.75) is 5.92 Å². The SMILES string of the molecule is CS(=O)(=O)N1CCN(C(=O)C(c2ccccc2)c2ccccc2)CC1. The first-order chi connectivity index (χ1) is 12.0. The van der Waals surface area contributed by atoms with E-state index in [1.807, 2.05) is 60.7 Å². The van der Waals surface area contributed by atoms with Gasteiger partial charge in [0.1, 0.15) is 0 Å². The number of sulfonamides is 1. The summed E-state index contributed by atoms with van der Waals surface area (Å²) < 4.78 is 24.8. The van der Waals surface area contributed by atoms with Crippen molar-refractivity contribution >= 4 is 15.9 Å². The highest BCUT2D eigenvalue weighted by Crippen LogP contribution is 2.27. The minimum Gasteiger partial charge on any atom is -0.339 e. The van der Waals surface area contributed by atoms with Gasteiger partial charge in [-0.05, 0) is 11.1 Å². The van der Waals surface area contributed by atoms with E-state index in [2.05, 4.69) is 0 Å². The van der Waals surface area contributed by atoms with Gasteiger partial charge in [-0.2, -0.15) is 4.31 Å². The lowest BCUT2D eigenvalue weighted by Crippen LogP contribution is -2.51. The van der Waals surface area contributed by atoms with Crippen LogP contribution in [-0.4, -0.2) is 56.0 Å². The molecule has 0 atom stereocenters. The Balaban J connectivity index is 1.84. The van der Waals surface area contributed by atoms with E-state index >= 15 is 0 Å². The van der Waals surface area contributed by atoms with E-state index in [9.17, 15) is 13.2 Å². The molecule has 1 aliphatic heterocycles. The molecule has 0 aliphatic carbocycles. The molecule has 6 heteroatoms. The van der Waals surface area contributed by atoms with Crippen molar-refractivity contribution in [2.75, 3.05) is 32.4 Å². The van der Waals surface area contributed by atoms with Crippen LogP contribution in [0.3, 0.4) is 0 Å². The highest BCUT2D eigenvalue weighted by molar-refractivity contribution is 7.88. The molecule has 5 nitrogen and oxygen atoms in total. The van der Waals surface area contributed by atoms with Gasteiger partial charge in [-0.3, -0.25) is 4.79 Å². The van der Waals surface area contributed by atoms with E-state index in [4.69, 9.17) is 0 Å². The van der Waals surface area contributed by atoms with Gasteiger partial charge in [0.2, 0.25) is 15.9 Å². The van der Waals surface area contributed by atoms with Gasteiger partial charge in [-0.25, -0.2) is 8.42 Å². The summed E-state index contributed by atoms with van der Waals surface area (Å²) in [4.78, 5) is 15.0. The van der Waals surface area contributed by atoms with E-state index in [0.717, 1.165) is 11.1 Å². The van der Waals surface area contributed by atoms with E-state index in [-0.39, 0.29) is 11.8 Å². The molecule has 1 amide bonds. The Labute approximate surface area is 148 Å². The van der Waals surface area contributed by atoms with Crippen molar-refractivity contribution in [2.24, 2.45) is 0 Å². The molecule has 0 unspecified atom stereocenters. The Morgan fingerprint density at radius 3 is 1.68 bits per heavy atom. The molecule has 25 heavy (non-hydrogen) atoms. The van der Waals surface area contributed by atoms with E-state index in [1.165, 1.54) is 10.6 Å². The largest absolute Gasteiger partial charge is 0.339 e. The van der Waals surface area contributed by atoms with Gasteiger partial charge >= 0.3 is 0 Å². The van der Waals surface area contributed by atoms with Crippen molar-refractivity contribution in [3.05, 3.63) is 71.8 Å². The number of carbonyl (C=O) groups is 1. The van der Waals surface area contributed by atoms with Crippen LogP contribution in [-0.2, 0) is 14.8 Å². The number of nitrogens with zero attached hydrogens (tertiary/aromatic N) is 2. The second-order valence-electron chi connectivity index (χ2n) is 6.24. The van der Waals surface area contributed by atoms with Crippen LogP contribution in [0.5, 0.6) is 0 Å². The van der Waals surface area contributed by atoms with Crippen LogP contribution < -0.4 is 0 Å². The number of amides is 1. The maximum absolute atomic E-state index is 13.2. The summed E-state index contributed by atoms with van der Waals surface area (Å²) >= 11 is 0. The highest BCUT2D eigenvalue weighted by Gasteiger charge is 2.31. The molecule has 1 aliphatic rings. The Morgan fingerprint density at radius 1 is 0.840 bits per heavy atom. The van der Waals surface area contributed by atoms with Gasteiger partial charge in [0, 0.05) is 26.2 Å². The van der Waals surface area contributed by atoms with Crippen LogP contribution in [0.1, 0.15) is 17.0 Å². The predicted octanol–water partition coefficient (Wildman–Crippen LogP) is 1.92. The molecule has 1 fully saturated rings. The van der Waals surface area contributed by atoms with Crippen molar-refractivity contribution in [3.8, 4) is 0 Å². The van der Waals surface area contributed by atoms with Gasteiger partial charge in [0.15, 0.2) is 0 Å². The molecule has 132 valence electrons. The summed E-state index contributed by atoms with van der Waals surface area (Å²) in [5, 5.41) is 0. The molecule has 1 saturated heterocycles. The Bertz CT molecular complexity index is 775. The Hall–Kier alpha value is -2.18. The number of piperazine rings is 1. The lowest BCUT2D eigenvalue weighted by molar-refractivity contribution is -0.133. The summed E-state index contributed by atoms with van der Waals surface area (Å²) in [7, 11) is -3.20. The quantitative estimate of drug-likeness (QED) is 0.839. The topological polar surface area (TPSA) is 57.7 Å². The molecule has 0 saturated carbocycles. The zero-order valence-electron chi connectivity index (χ0n) is 14.2. The third-order valence-corrected chi connectivity index (χ3v) is 5.84. The van der Waals surface area contributed by atoms with Crippen LogP contribution in [0.2, 0.25) is 0 Å². The van der Waals surface area contributed by atoms with E-state index in [1.54, 1.807) is 4.90 Å². The summed E-state index contributed by atoms with van der Waals surface area (Å²) in [5.41, 5.74) is 1.90. The molecule has 3 rings (SSSR count). The summed E-state index contributed by atoms with van der Waals surface area (Å²) in [6.07, 6.45) is 1.21. The second-order valence-corrected chi connectivity index (χ2v) is 8.22. The smallest absolute Gasteiger partial charge is 0.234 e. The zero-order valence-corrected chi connectivity index (χ0v) is 15.0. The van der Waals surface area contributed by atoms with Gasteiger partial charge in [0.25, 0.3) is 0 Å². The fourth-order valence-corrected chi connectivity index (χ4v) is 4.02. The number of benzene rings is 2. The molecule has 1 heterocycles. The van der Waals surface area contributed by atoms with Gasteiger partial charge in [-0.15, -0.1) is 0 Å². The predicted molar refractivity (Wildman–Crippen MR) is 97.7 cm³/mol. The van der Waals surface area contributed by atoms with Crippen LogP contribution in [0.15, 0.2) is 60.7 Å². The first-order valence-electron chi connectivity index (χ1n) is 8.30. The molecular formula is C19H22N2O3S. The molecular weight excluding hydrogens is 336 g/mol. The van der Waals surface area contributed by atoms with Crippen LogP contribution >= 0.6 is 0 Å². The standard InChI is InChI=1S/C19H22N2O3S/c1-25(23,24)21-14-12-20(13-15-21)19(22)18(16-8-4-2-5-9-16)17-10-6-3-7-11-17/h2-11,18H,12-15H2,1H3. The Morgan fingerprint density at radius 2 is 1.28 bits per heavy atom. The fraction of sp³-hybridized carbons (Fsp3) is 0.316. The second kappa shape index (κ2) is 7.37. The lowest BCUT2D eigenvalue weighted by Gasteiger charge is -2.35. The molecule has 2 aromatic rings. The summed E-state index contributed by atoms with van der Waals surface area (Å²) in [6, 6.07) is 19.4. The van der Waals surface area contributed by atoms with E-state index in [0.29, 0.717) is 26.2 Å². The normalized spacial score (nSPS) is 16.2. The van der Waals surface area contributed by atoms with Gasteiger partial charge in [-0.1, -0.05) is 60.7 Å². The minimum atomic E-state index is -3.20. The number of hydrogen-bond acceptors (Lipinski definition) is 3. The third kappa shape index (κ3) is 4.08. The number of carbonyl (C=O) groups excluding carboxylic acids is 1. The summed E-state index contributed by atoms with van der Waals surface area (Å²) in [6.45, 7) is 1.53. The first kappa shape index (κ1) is 17.6. The molecule has 0 bridgehead atoms. The number of rotatable bonds is 4. The van der Waals surface area contributed by atoms with Crippen LogP contribution in [0, 0.1) is 0 Å². The van der Waals surface area contributed by atoms with E-state index < -0.39 is 10.0 Å². The van der Waals surface area contributed by atoms with Gasteiger partial charge < -0.3 is 4.90 Å². The van der Waals surface area contributed by atoms with Gasteiger partial charge in [0.05, 0.1) is 12.2 Å². The van der Waals surface area contributed by atoms with Crippen molar-refractivity contribution in [1.82, 2.24) is 9.21 Å².